The number of hydrogen-bond acceptors (Lipinski definition) is 4. The number of rotatable bonds is 3. The first-order chi connectivity index (χ1) is 7.21. The van der Waals surface area contributed by atoms with Gasteiger partial charge in [-0.15, -0.1) is 0 Å². The van der Waals surface area contributed by atoms with Gasteiger partial charge in [-0.25, -0.2) is 9.97 Å². The molecule has 0 saturated carbocycles. The van der Waals surface area contributed by atoms with Crippen molar-refractivity contribution in [3.63, 3.8) is 0 Å². The quantitative estimate of drug-likeness (QED) is 0.750. The molecular weight excluding hydrogens is 194 g/mol. The number of hydrogen-bond donors (Lipinski definition) is 2. The highest BCUT2D eigenvalue weighted by atomic mass is 16.3. The first kappa shape index (κ1) is 10.1. The third kappa shape index (κ3) is 1.49. The fourth-order valence-corrected chi connectivity index (χ4v) is 1.52. The zero-order valence-corrected chi connectivity index (χ0v) is 8.46. The van der Waals surface area contributed by atoms with Crippen molar-refractivity contribution in [3.8, 4) is 0 Å². The molecule has 2 aromatic heterocycles. The van der Waals surface area contributed by atoms with Crippen LogP contribution in [0.15, 0.2) is 24.8 Å². The molecule has 0 unspecified atom stereocenters. The van der Waals surface area contributed by atoms with Crippen LogP contribution in [-0.2, 0) is 5.54 Å². The molecule has 0 aromatic carbocycles. The lowest BCUT2D eigenvalue weighted by Crippen LogP contribution is -2.37. The van der Waals surface area contributed by atoms with Gasteiger partial charge in [0.15, 0.2) is 0 Å². The van der Waals surface area contributed by atoms with Gasteiger partial charge in [0, 0.05) is 17.8 Å². The van der Waals surface area contributed by atoms with Crippen LogP contribution in [0.5, 0.6) is 0 Å². The summed E-state index contributed by atoms with van der Waals surface area (Å²) in [6.07, 6.45) is 4.95. The van der Waals surface area contributed by atoms with Gasteiger partial charge < -0.3 is 14.8 Å². The molecule has 2 heterocycles. The molecule has 0 aliphatic heterocycles. The predicted octanol–water partition coefficient (Wildman–Crippen LogP) is 0.131. The van der Waals surface area contributed by atoms with E-state index in [9.17, 15) is 10.2 Å². The van der Waals surface area contributed by atoms with E-state index in [2.05, 4.69) is 9.97 Å². The highest BCUT2D eigenvalue weighted by Gasteiger charge is 2.26. The van der Waals surface area contributed by atoms with E-state index in [-0.39, 0.29) is 13.2 Å². The van der Waals surface area contributed by atoms with Crippen LogP contribution >= 0.6 is 0 Å². The molecule has 2 rings (SSSR count). The minimum atomic E-state index is -0.726. The zero-order chi connectivity index (χ0) is 10.9. The van der Waals surface area contributed by atoms with Crippen molar-refractivity contribution >= 4 is 11.0 Å². The van der Waals surface area contributed by atoms with E-state index in [0.29, 0.717) is 0 Å². The van der Waals surface area contributed by atoms with Gasteiger partial charge in [-0.2, -0.15) is 0 Å². The van der Waals surface area contributed by atoms with Crippen molar-refractivity contribution in [2.75, 3.05) is 13.2 Å². The van der Waals surface area contributed by atoms with Crippen LogP contribution in [0.3, 0.4) is 0 Å². The lowest BCUT2D eigenvalue weighted by Gasteiger charge is -2.27. The molecule has 0 saturated heterocycles. The number of aliphatic hydroxyl groups is 2. The molecule has 5 heteroatoms. The Balaban J connectivity index is 2.61. The van der Waals surface area contributed by atoms with E-state index < -0.39 is 5.54 Å². The molecule has 5 nitrogen and oxygen atoms in total. The average molecular weight is 207 g/mol. The van der Waals surface area contributed by atoms with Crippen molar-refractivity contribution < 1.29 is 10.2 Å². The van der Waals surface area contributed by atoms with E-state index in [1.165, 1.54) is 6.33 Å². The van der Waals surface area contributed by atoms with Crippen LogP contribution in [-0.4, -0.2) is 38.0 Å². The molecule has 0 atom stereocenters. The van der Waals surface area contributed by atoms with Gasteiger partial charge in [-0.1, -0.05) is 0 Å². The fourth-order valence-electron chi connectivity index (χ4n) is 1.52. The van der Waals surface area contributed by atoms with Crippen LogP contribution < -0.4 is 0 Å². The summed E-state index contributed by atoms with van der Waals surface area (Å²) in [5.41, 5.74) is -0.00794. The molecule has 0 spiro atoms. The molecule has 0 radical (unpaired) electrons. The number of nitrogens with zero attached hydrogens (tertiary/aromatic N) is 3. The second-order valence-electron chi connectivity index (χ2n) is 3.80. The Hall–Kier alpha value is -1.46. The molecular formula is C10H13N3O2. The van der Waals surface area contributed by atoms with Gasteiger partial charge in [0.25, 0.3) is 0 Å². The molecule has 80 valence electrons. The van der Waals surface area contributed by atoms with E-state index >= 15 is 0 Å². The second kappa shape index (κ2) is 3.60. The van der Waals surface area contributed by atoms with E-state index in [0.717, 1.165) is 11.0 Å². The van der Waals surface area contributed by atoms with Gasteiger partial charge in [-0.05, 0) is 13.0 Å². The van der Waals surface area contributed by atoms with Crippen molar-refractivity contribution in [3.05, 3.63) is 24.8 Å². The van der Waals surface area contributed by atoms with E-state index in [1.807, 2.05) is 6.07 Å². The number of aliphatic hydroxyl groups excluding tert-OH is 2. The predicted molar refractivity (Wildman–Crippen MR) is 55.3 cm³/mol. The van der Waals surface area contributed by atoms with Crippen LogP contribution in [0.2, 0.25) is 0 Å². The van der Waals surface area contributed by atoms with Crippen molar-refractivity contribution in [2.24, 2.45) is 0 Å². The summed E-state index contributed by atoms with van der Waals surface area (Å²) in [6.45, 7) is 1.49. The van der Waals surface area contributed by atoms with Gasteiger partial charge in [-0.3, -0.25) is 0 Å². The van der Waals surface area contributed by atoms with Crippen LogP contribution in [0.25, 0.3) is 11.0 Å². The highest BCUT2D eigenvalue weighted by molar-refractivity contribution is 5.75. The van der Waals surface area contributed by atoms with Crippen molar-refractivity contribution in [2.45, 2.75) is 12.5 Å². The SMILES string of the molecule is CC(CO)(CO)n1ccc2cncnc21. The van der Waals surface area contributed by atoms with Crippen LogP contribution in [0.4, 0.5) is 0 Å². The van der Waals surface area contributed by atoms with Crippen LogP contribution in [0.1, 0.15) is 6.92 Å². The number of aromatic nitrogens is 3. The molecule has 2 aromatic rings. The minimum absolute atomic E-state index is 0.142. The lowest BCUT2D eigenvalue weighted by atomic mass is 10.1. The molecule has 2 N–H and O–H groups in total. The second-order valence-corrected chi connectivity index (χ2v) is 3.80. The first-order valence-electron chi connectivity index (χ1n) is 4.70. The summed E-state index contributed by atoms with van der Waals surface area (Å²) in [5, 5.41) is 19.5. The zero-order valence-electron chi connectivity index (χ0n) is 8.46. The summed E-state index contributed by atoms with van der Waals surface area (Å²) in [7, 11) is 0. The topological polar surface area (TPSA) is 71.2 Å². The number of fused-ring (bicyclic) bond motifs is 1. The molecule has 0 aliphatic carbocycles. The fraction of sp³-hybridized carbons (Fsp3) is 0.400. The van der Waals surface area contributed by atoms with Gasteiger partial charge in [0.2, 0.25) is 0 Å². The Bertz CT molecular complexity index is 462. The van der Waals surface area contributed by atoms with Gasteiger partial charge >= 0.3 is 0 Å². The molecule has 0 fully saturated rings. The summed E-state index contributed by atoms with van der Waals surface area (Å²) in [6, 6.07) is 1.86. The summed E-state index contributed by atoms with van der Waals surface area (Å²) in [4.78, 5) is 8.04. The maximum atomic E-state index is 9.29. The van der Waals surface area contributed by atoms with Gasteiger partial charge in [0.05, 0.1) is 18.8 Å². The van der Waals surface area contributed by atoms with Crippen LogP contribution in [0, 0.1) is 0 Å². The summed E-state index contributed by atoms with van der Waals surface area (Å²) >= 11 is 0. The standard InChI is InChI=1S/C10H13N3O2/c1-10(5-14,6-15)13-3-2-8-4-11-7-12-9(8)13/h2-4,7,14-15H,5-6H2,1H3. The molecule has 0 aliphatic rings. The maximum Gasteiger partial charge on any atom is 0.143 e. The third-order valence-electron chi connectivity index (χ3n) is 2.61. The average Bonchev–Trinajstić information content (AvgIpc) is 2.72. The first-order valence-corrected chi connectivity index (χ1v) is 4.70. The monoisotopic (exact) mass is 207 g/mol. The normalized spacial score (nSPS) is 12.2. The maximum absolute atomic E-state index is 9.29. The van der Waals surface area contributed by atoms with Crippen molar-refractivity contribution in [1.82, 2.24) is 14.5 Å². The molecule has 0 bridgehead atoms. The Morgan fingerprint density at radius 3 is 2.80 bits per heavy atom. The van der Waals surface area contributed by atoms with Gasteiger partial charge in [0.1, 0.15) is 12.0 Å². The molecule has 15 heavy (non-hydrogen) atoms. The van der Waals surface area contributed by atoms with Crippen molar-refractivity contribution in [1.29, 1.82) is 0 Å². The Labute approximate surface area is 87.0 Å². The largest absolute Gasteiger partial charge is 0.394 e. The van der Waals surface area contributed by atoms with E-state index in [4.69, 9.17) is 0 Å². The smallest absolute Gasteiger partial charge is 0.143 e. The summed E-state index contributed by atoms with van der Waals surface area (Å²) < 4.78 is 1.77. The Morgan fingerprint density at radius 2 is 2.13 bits per heavy atom. The minimum Gasteiger partial charge on any atom is -0.394 e. The summed E-state index contributed by atoms with van der Waals surface area (Å²) in [5.74, 6) is 0. The Kier molecular flexibility index (Phi) is 2.42. The third-order valence-corrected chi connectivity index (χ3v) is 2.61. The molecule has 0 amide bonds. The van der Waals surface area contributed by atoms with E-state index in [1.54, 1.807) is 23.9 Å². The highest BCUT2D eigenvalue weighted by Crippen LogP contribution is 2.21. The lowest BCUT2D eigenvalue weighted by molar-refractivity contribution is 0.0809. The Morgan fingerprint density at radius 1 is 1.40 bits per heavy atom.